The lowest BCUT2D eigenvalue weighted by Gasteiger charge is -2.28. The Morgan fingerprint density at radius 3 is 2.13 bits per heavy atom. The second-order valence-electron chi connectivity index (χ2n) is 3.62. The molecule has 0 spiro atoms. The normalized spacial score (nSPS) is 17.5. The van der Waals surface area contributed by atoms with Gasteiger partial charge in [-0.25, -0.2) is 8.42 Å². The van der Waals surface area contributed by atoms with Crippen molar-refractivity contribution in [1.82, 2.24) is 4.31 Å². The SMILES string of the molecule is Cc1ccc(S(=O)(=O)N2CC(=O)C2)cc1. The summed E-state index contributed by atoms with van der Waals surface area (Å²) in [6, 6.07) is 6.61. The summed E-state index contributed by atoms with van der Waals surface area (Å²) in [7, 11) is -3.44. The van der Waals surface area contributed by atoms with E-state index in [1.54, 1.807) is 24.3 Å². The molecule has 2 rings (SSSR count). The standard InChI is InChI=1S/C10H11NO3S/c1-8-2-4-10(5-3-8)15(13,14)11-6-9(12)7-11/h2-5H,6-7H2,1H3. The molecule has 4 nitrogen and oxygen atoms in total. The molecule has 0 N–H and O–H groups in total. The quantitative estimate of drug-likeness (QED) is 0.739. The minimum absolute atomic E-state index is 0.0101. The molecule has 1 heterocycles. The highest BCUT2D eigenvalue weighted by atomic mass is 32.2. The molecule has 15 heavy (non-hydrogen) atoms. The second-order valence-corrected chi connectivity index (χ2v) is 5.56. The molecular weight excluding hydrogens is 214 g/mol. The summed E-state index contributed by atoms with van der Waals surface area (Å²) in [4.78, 5) is 11.0. The molecule has 0 saturated carbocycles. The molecule has 1 aliphatic rings. The van der Waals surface area contributed by atoms with Gasteiger partial charge < -0.3 is 0 Å². The number of carbonyl (C=O) groups excluding carboxylic acids is 1. The lowest BCUT2D eigenvalue weighted by Crippen LogP contribution is -2.50. The zero-order valence-corrected chi connectivity index (χ0v) is 9.12. The zero-order valence-electron chi connectivity index (χ0n) is 8.30. The molecule has 1 saturated heterocycles. The summed E-state index contributed by atoms with van der Waals surface area (Å²) in [5.74, 6) is -0.0364. The molecule has 0 radical (unpaired) electrons. The summed E-state index contributed by atoms with van der Waals surface area (Å²) < 4.78 is 24.9. The van der Waals surface area contributed by atoms with Crippen LogP contribution in [-0.4, -0.2) is 31.6 Å². The van der Waals surface area contributed by atoms with Gasteiger partial charge in [0.2, 0.25) is 10.0 Å². The van der Waals surface area contributed by atoms with E-state index >= 15 is 0 Å². The number of ketones is 1. The number of nitrogens with zero attached hydrogens (tertiary/aromatic N) is 1. The van der Waals surface area contributed by atoms with Gasteiger partial charge in [0.1, 0.15) is 0 Å². The van der Waals surface area contributed by atoms with E-state index in [1.807, 2.05) is 6.92 Å². The van der Waals surface area contributed by atoms with E-state index in [4.69, 9.17) is 0 Å². The maximum absolute atomic E-state index is 11.8. The van der Waals surface area contributed by atoms with E-state index in [0.717, 1.165) is 5.56 Å². The Kier molecular flexibility index (Phi) is 2.36. The van der Waals surface area contributed by atoms with Crippen LogP contribution in [0.1, 0.15) is 5.56 Å². The lowest BCUT2D eigenvalue weighted by atomic mass is 10.2. The first-order valence-corrected chi connectivity index (χ1v) is 6.03. The van der Waals surface area contributed by atoms with Crippen molar-refractivity contribution < 1.29 is 13.2 Å². The smallest absolute Gasteiger partial charge is 0.243 e. The van der Waals surface area contributed by atoms with Crippen molar-refractivity contribution in [2.24, 2.45) is 0 Å². The Balaban J connectivity index is 2.30. The van der Waals surface area contributed by atoms with Crippen molar-refractivity contribution in [2.75, 3.05) is 13.1 Å². The highest BCUT2D eigenvalue weighted by Gasteiger charge is 2.35. The summed E-state index contributed by atoms with van der Waals surface area (Å²) >= 11 is 0. The van der Waals surface area contributed by atoms with E-state index < -0.39 is 10.0 Å². The first-order valence-electron chi connectivity index (χ1n) is 4.59. The number of sulfonamides is 1. The van der Waals surface area contributed by atoms with Gasteiger partial charge in [0.25, 0.3) is 0 Å². The molecule has 1 aromatic rings. The van der Waals surface area contributed by atoms with Crippen LogP contribution in [0, 0.1) is 6.92 Å². The van der Waals surface area contributed by atoms with Gasteiger partial charge in [-0.3, -0.25) is 4.79 Å². The Morgan fingerprint density at radius 1 is 1.13 bits per heavy atom. The first kappa shape index (κ1) is 10.3. The van der Waals surface area contributed by atoms with Crippen molar-refractivity contribution in [1.29, 1.82) is 0 Å². The highest BCUT2D eigenvalue weighted by Crippen LogP contribution is 2.19. The third kappa shape index (κ3) is 1.80. The number of Topliss-reactive ketones (excluding diaryl/α,β-unsaturated/α-hetero) is 1. The minimum atomic E-state index is -3.44. The van der Waals surface area contributed by atoms with Gasteiger partial charge in [0.15, 0.2) is 5.78 Å². The van der Waals surface area contributed by atoms with Crippen LogP contribution in [0.25, 0.3) is 0 Å². The fourth-order valence-corrected chi connectivity index (χ4v) is 2.78. The number of aryl methyl sites for hydroxylation is 1. The molecule has 1 fully saturated rings. The Morgan fingerprint density at radius 2 is 1.67 bits per heavy atom. The molecule has 1 aliphatic heterocycles. The number of carbonyl (C=O) groups is 1. The van der Waals surface area contributed by atoms with Crippen LogP contribution >= 0.6 is 0 Å². The van der Waals surface area contributed by atoms with Gasteiger partial charge in [-0.15, -0.1) is 0 Å². The highest BCUT2D eigenvalue weighted by molar-refractivity contribution is 7.89. The maximum Gasteiger partial charge on any atom is 0.243 e. The monoisotopic (exact) mass is 225 g/mol. The summed E-state index contributed by atoms with van der Waals surface area (Å²) in [5, 5.41) is 0. The number of hydrogen-bond donors (Lipinski definition) is 0. The van der Waals surface area contributed by atoms with Crippen molar-refractivity contribution in [3.05, 3.63) is 29.8 Å². The molecular formula is C10H11NO3S. The first-order chi connectivity index (χ1) is 7.00. The van der Waals surface area contributed by atoms with Crippen molar-refractivity contribution in [3.8, 4) is 0 Å². The van der Waals surface area contributed by atoms with Gasteiger partial charge in [-0.2, -0.15) is 4.31 Å². The third-order valence-electron chi connectivity index (χ3n) is 2.36. The third-order valence-corrected chi connectivity index (χ3v) is 4.17. The van der Waals surface area contributed by atoms with E-state index in [9.17, 15) is 13.2 Å². The van der Waals surface area contributed by atoms with Crippen LogP contribution in [0.15, 0.2) is 29.2 Å². The number of hydrogen-bond acceptors (Lipinski definition) is 3. The van der Waals surface area contributed by atoms with E-state index in [1.165, 1.54) is 4.31 Å². The fourth-order valence-electron chi connectivity index (χ4n) is 1.38. The second kappa shape index (κ2) is 3.43. The predicted octanol–water partition coefficient (Wildman–Crippen LogP) is 0.568. The van der Waals surface area contributed by atoms with Crippen molar-refractivity contribution in [3.63, 3.8) is 0 Å². The average Bonchev–Trinajstić information content (AvgIpc) is 2.13. The van der Waals surface area contributed by atoms with Crippen LogP contribution in [0.5, 0.6) is 0 Å². The van der Waals surface area contributed by atoms with Gasteiger partial charge in [0, 0.05) is 0 Å². The van der Waals surface area contributed by atoms with Crippen molar-refractivity contribution >= 4 is 15.8 Å². The molecule has 0 aliphatic carbocycles. The largest absolute Gasteiger partial charge is 0.297 e. The van der Waals surface area contributed by atoms with Gasteiger partial charge in [-0.1, -0.05) is 17.7 Å². The van der Waals surface area contributed by atoms with Crippen molar-refractivity contribution in [2.45, 2.75) is 11.8 Å². The minimum Gasteiger partial charge on any atom is -0.297 e. The number of rotatable bonds is 2. The molecule has 0 unspecified atom stereocenters. The predicted molar refractivity (Wildman–Crippen MR) is 54.9 cm³/mol. The maximum atomic E-state index is 11.8. The molecule has 80 valence electrons. The fraction of sp³-hybridized carbons (Fsp3) is 0.300. The topological polar surface area (TPSA) is 54.5 Å². The summed E-state index contributed by atoms with van der Waals surface area (Å²) in [6.45, 7) is 1.91. The van der Waals surface area contributed by atoms with Gasteiger partial charge >= 0.3 is 0 Å². The van der Waals surface area contributed by atoms with Crippen LogP contribution in [0.3, 0.4) is 0 Å². The zero-order chi connectivity index (χ0) is 11.1. The molecule has 0 bridgehead atoms. The Hall–Kier alpha value is -1.20. The van der Waals surface area contributed by atoms with Gasteiger partial charge in [-0.05, 0) is 19.1 Å². The van der Waals surface area contributed by atoms with Crippen LogP contribution in [-0.2, 0) is 14.8 Å². The van der Waals surface area contributed by atoms with Crippen LogP contribution < -0.4 is 0 Å². The van der Waals surface area contributed by atoms with E-state index in [-0.39, 0.29) is 23.8 Å². The molecule has 0 aromatic heterocycles. The molecule has 5 heteroatoms. The Labute approximate surface area is 88.6 Å². The molecule has 0 amide bonds. The lowest BCUT2D eigenvalue weighted by molar-refractivity contribution is -0.125. The number of benzene rings is 1. The molecule has 0 atom stereocenters. The van der Waals surface area contributed by atoms with Crippen LogP contribution in [0.2, 0.25) is 0 Å². The van der Waals surface area contributed by atoms with E-state index in [2.05, 4.69) is 0 Å². The summed E-state index contributed by atoms with van der Waals surface area (Å²) in [6.07, 6.45) is 0. The Bertz CT molecular complexity index is 482. The summed E-state index contributed by atoms with van der Waals surface area (Å²) in [5.41, 5.74) is 1.01. The van der Waals surface area contributed by atoms with E-state index in [0.29, 0.717) is 0 Å². The molecule has 1 aromatic carbocycles. The van der Waals surface area contributed by atoms with Crippen LogP contribution in [0.4, 0.5) is 0 Å². The average molecular weight is 225 g/mol. The van der Waals surface area contributed by atoms with Gasteiger partial charge in [0.05, 0.1) is 18.0 Å².